The van der Waals surface area contributed by atoms with Crippen molar-refractivity contribution in [1.82, 2.24) is 4.98 Å². The van der Waals surface area contributed by atoms with Crippen LogP contribution in [0, 0.1) is 13.8 Å². The molecule has 1 heterocycles. The fourth-order valence-electron chi connectivity index (χ4n) is 1.99. The van der Waals surface area contributed by atoms with E-state index >= 15 is 0 Å². The molecule has 4 nitrogen and oxygen atoms in total. The molecule has 0 amide bonds. The smallest absolute Gasteiger partial charge is 0.336 e. The van der Waals surface area contributed by atoms with E-state index in [0.29, 0.717) is 11.3 Å². The minimum absolute atomic E-state index is 0.259. The number of nitrogens with zero attached hydrogens (tertiary/aromatic N) is 1. The maximum absolute atomic E-state index is 11.3. The van der Waals surface area contributed by atoms with Gasteiger partial charge in [-0.2, -0.15) is 0 Å². The third-order valence-electron chi connectivity index (χ3n) is 2.92. The summed E-state index contributed by atoms with van der Waals surface area (Å²) in [6, 6.07) is 7.08. The molecular formula is C15H15NO3. The minimum atomic E-state index is -0.952. The number of methoxy groups -OCH3 is 1. The fraction of sp³-hybridized carbons (Fsp3) is 0.200. The summed E-state index contributed by atoms with van der Waals surface area (Å²) >= 11 is 0. The molecule has 0 aliphatic rings. The summed E-state index contributed by atoms with van der Waals surface area (Å²) in [5, 5.41) is 9.29. The first-order valence-electron chi connectivity index (χ1n) is 5.88. The van der Waals surface area contributed by atoms with E-state index in [4.69, 9.17) is 4.74 Å². The number of carbonyl (C=O) groups is 1. The second-order valence-electron chi connectivity index (χ2n) is 4.38. The second kappa shape index (κ2) is 5.10. The summed E-state index contributed by atoms with van der Waals surface area (Å²) in [7, 11) is 1.55. The highest BCUT2D eigenvalue weighted by Crippen LogP contribution is 2.33. The van der Waals surface area contributed by atoms with Crippen LogP contribution in [0.15, 0.2) is 30.5 Å². The molecule has 0 unspecified atom stereocenters. The van der Waals surface area contributed by atoms with Gasteiger partial charge in [0.15, 0.2) is 0 Å². The van der Waals surface area contributed by atoms with Crippen LogP contribution in [-0.4, -0.2) is 23.2 Å². The number of carboxylic acids is 1. The lowest BCUT2D eigenvalue weighted by Gasteiger charge is -2.12. The van der Waals surface area contributed by atoms with Crippen molar-refractivity contribution in [3.8, 4) is 16.9 Å². The van der Waals surface area contributed by atoms with Gasteiger partial charge >= 0.3 is 5.97 Å². The molecule has 1 aromatic carbocycles. The zero-order valence-corrected chi connectivity index (χ0v) is 11.1. The maximum Gasteiger partial charge on any atom is 0.336 e. The molecule has 1 aromatic heterocycles. The Balaban J connectivity index is 2.73. The van der Waals surface area contributed by atoms with E-state index < -0.39 is 5.97 Å². The van der Waals surface area contributed by atoms with E-state index in [2.05, 4.69) is 4.98 Å². The zero-order chi connectivity index (χ0) is 14.0. The number of pyridine rings is 1. The molecule has 0 saturated heterocycles. The fourth-order valence-corrected chi connectivity index (χ4v) is 1.99. The summed E-state index contributed by atoms with van der Waals surface area (Å²) in [4.78, 5) is 15.5. The average molecular weight is 257 g/mol. The van der Waals surface area contributed by atoms with Crippen LogP contribution in [0.2, 0.25) is 0 Å². The Labute approximate surface area is 111 Å². The molecule has 2 rings (SSSR count). The first-order valence-corrected chi connectivity index (χ1v) is 5.88. The number of benzene rings is 1. The molecule has 19 heavy (non-hydrogen) atoms. The quantitative estimate of drug-likeness (QED) is 0.918. The topological polar surface area (TPSA) is 59.4 Å². The van der Waals surface area contributed by atoms with Gasteiger partial charge in [-0.15, -0.1) is 0 Å². The van der Waals surface area contributed by atoms with Crippen molar-refractivity contribution in [2.45, 2.75) is 13.8 Å². The standard InChI is InChI=1S/C15H15NO3/c1-9-4-5-11(15(17)18)12(6-9)13-7-10(2)16-8-14(13)19-3/h4-8H,1-3H3,(H,17,18). The first-order chi connectivity index (χ1) is 9.02. The maximum atomic E-state index is 11.3. The highest BCUT2D eigenvalue weighted by atomic mass is 16.5. The Bertz CT molecular complexity index is 635. The van der Waals surface area contributed by atoms with Crippen molar-refractivity contribution in [2.75, 3.05) is 7.11 Å². The van der Waals surface area contributed by atoms with Crippen molar-refractivity contribution in [3.63, 3.8) is 0 Å². The normalized spacial score (nSPS) is 10.3. The predicted octanol–water partition coefficient (Wildman–Crippen LogP) is 3.07. The van der Waals surface area contributed by atoms with E-state index in [1.54, 1.807) is 25.4 Å². The molecule has 0 radical (unpaired) electrons. The molecule has 0 aliphatic carbocycles. The van der Waals surface area contributed by atoms with Crippen LogP contribution >= 0.6 is 0 Å². The Kier molecular flexibility index (Phi) is 3.51. The van der Waals surface area contributed by atoms with Gasteiger partial charge in [0.2, 0.25) is 0 Å². The Morgan fingerprint density at radius 1 is 1.21 bits per heavy atom. The van der Waals surface area contributed by atoms with Gasteiger partial charge in [0.1, 0.15) is 5.75 Å². The summed E-state index contributed by atoms with van der Waals surface area (Å²) in [5.41, 5.74) is 3.46. The van der Waals surface area contributed by atoms with Crippen molar-refractivity contribution in [3.05, 3.63) is 47.3 Å². The van der Waals surface area contributed by atoms with E-state index in [-0.39, 0.29) is 5.56 Å². The summed E-state index contributed by atoms with van der Waals surface area (Å²) in [6.45, 7) is 3.79. The summed E-state index contributed by atoms with van der Waals surface area (Å²) in [6.07, 6.45) is 1.61. The van der Waals surface area contributed by atoms with Crippen LogP contribution in [0.25, 0.3) is 11.1 Å². The second-order valence-corrected chi connectivity index (χ2v) is 4.38. The third kappa shape index (κ3) is 2.57. The molecule has 0 aliphatic heterocycles. The van der Waals surface area contributed by atoms with Crippen LogP contribution in [0.4, 0.5) is 0 Å². The van der Waals surface area contributed by atoms with Gasteiger partial charge in [-0.1, -0.05) is 17.7 Å². The van der Waals surface area contributed by atoms with E-state index in [9.17, 15) is 9.90 Å². The highest BCUT2D eigenvalue weighted by molar-refractivity contribution is 5.97. The predicted molar refractivity (Wildman–Crippen MR) is 72.7 cm³/mol. The number of hydrogen-bond donors (Lipinski definition) is 1. The molecule has 0 bridgehead atoms. The van der Waals surface area contributed by atoms with Crippen molar-refractivity contribution < 1.29 is 14.6 Å². The number of carboxylic acid groups (broad SMARTS) is 1. The number of hydrogen-bond acceptors (Lipinski definition) is 3. The minimum Gasteiger partial charge on any atom is -0.494 e. The van der Waals surface area contributed by atoms with Gasteiger partial charge < -0.3 is 9.84 Å². The summed E-state index contributed by atoms with van der Waals surface area (Å²) in [5.74, 6) is -0.384. The first kappa shape index (κ1) is 13.1. The molecule has 0 fully saturated rings. The van der Waals surface area contributed by atoms with Gasteiger partial charge in [0, 0.05) is 16.8 Å². The highest BCUT2D eigenvalue weighted by Gasteiger charge is 2.15. The average Bonchev–Trinajstić information content (AvgIpc) is 2.38. The molecule has 1 N–H and O–H groups in total. The molecule has 0 spiro atoms. The van der Waals surface area contributed by atoms with Crippen LogP contribution in [0.1, 0.15) is 21.6 Å². The van der Waals surface area contributed by atoms with Crippen molar-refractivity contribution in [2.24, 2.45) is 0 Å². The number of ether oxygens (including phenoxy) is 1. The number of aryl methyl sites for hydroxylation is 2. The van der Waals surface area contributed by atoms with Crippen molar-refractivity contribution in [1.29, 1.82) is 0 Å². The van der Waals surface area contributed by atoms with E-state index in [0.717, 1.165) is 16.8 Å². The van der Waals surface area contributed by atoms with Gasteiger partial charge in [-0.05, 0) is 26.0 Å². The molecule has 0 atom stereocenters. The van der Waals surface area contributed by atoms with Crippen LogP contribution < -0.4 is 4.74 Å². The SMILES string of the molecule is COc1cnc(C)cc1-c1cc(C)ccc1C(=O)O. The lowest BCUT2D eigenvalue weighted by molar-refractivity contribution is 0.0697. The zero-order valence-electron chi connectivity index (χ0n) is 11.1. The van der Waals surface area contributed by atoms with Gasteiger partial charge in [0.25, 0.3) is 0 Å². The van der Waals surface area contributed by atoms with Gasteiger partial charge in [-0.25, -0.2) is 4.79 Å². The largest absolute Gasteiger partial charge is 0.494 e. The number of aromatic carboxylic acids is 1. The Hall–Kier alpha value is -2.36. The molecule has 0 saturated carbocycles. The van der Waals surface area contributed by atoms with E-state index in [1.165, 1.54) is 0 Å². The molecule has 98 valence electrons. The number of aromatic nitrogens is 1. The van der Waals surface area contributed by atoms with Crippen molar-refractivity contribution >= 4 is 5.97 Å². The number of rotatable bonds is 3. The monoisotopic (exact) mass is 257 g/mol. The third-order valence-corrected chi connectivity index (χ3v) is 2.92. The van der Waals surface area contributed by atoms with Crippen LogP contribution in [-0.2, 0) is 0 Å². The lowest BCUT2D eigenvalue weighted by atomic mass is 9.97. The Morgan fingerprint density at radius 2 is 1.95 bits per heavy atom. The van der Waals surface area contributed by atoms with Gasteiger partial charge in [-0.3, -0.25) is 4.98 Å². The summed E-state index contributed by atoms with van der Waals surface area (Å²) < 4.78 is 5.27. The lowest BCUT2D eigenvalue weighted by Crippen LogP contribution is -2.01. The molecule has 4 heteroatoms. The van der Waals surface area contributed by atoms with Crippen LogP contribution in [0.3, 0.4) is 0 Å². The van der Waals surface area contributed by atoms with Crippen LogP contribution in [0.5, 0.6) is 5.75 Å². The Morgan fingerprint density at radius 3 is 2.58 bits per heavy atom. The van der Waals surface area contributed by atoms with E-state index in [1.807, 2.05) is 26.0 Å². The molecular weight excluding hydrogens is 242 g/mol. The molecule has 2 aromatic rings. The van der Waals surface area contributed by atoms with Gasteiger partial charge in [0.05, 0.1) is 18.9 Å².